The van der Waals surface area contributed by atoms with E-state index in [1.165, 1.54) is 19.3 Å². The van der Waals surface area contributed by atoms with Crippen molar-refractivity contribution in [2.75, 3.05) is 144 Å². The standard InChI is InChI=1S/C88H131N13O24/c1-56-16-10-9-11-17-57(2)72(112-7)51-65-22-19-61(6)88(111,125-65)82(108)85(109)99-28-14-12-18-69(99)86(110)123-73(52-70(102)58(3)47-60(5)80(106)81(107)79(105)59(4)46-56)66(89)48-62-20-23-68(74(49-62)113-8)101-53-64(96-98-101)54-121-43-42-119-39-38-117-35-33-115-31-26-76(104)122-45-44-120-41-40-118-37-36-116-34-32-114-30-25-75(103)92-27-13-15-29-100-84-77(83(90)93-55-94-84)78(97-100)63-21-24-71-67(50-63)95-87(91)124-71/h9-11,16-17,21,24,47,50,53,55-56,58-59,61-62,65-66,68-69,72-74,80-81,106-107,111H,12-15,18-20,22-23,25-46,48-49,51-52,54,89H2,1-8H3,(H2,91,95)(H,92,103)(H2,90,93,94)/b11-9+,16-10+,57-17+,60-47+/t56-,58-,59-,61-,62+,65+,66-,68+,69+,72+,73+,74-,80-,81+,88-/m1/s1. The van der Waals surface area contributed by atoms with Crippen molar-refractivity contribution in [2.24, 2.45) is 35.3 Å². The fraction of sp³-hybridized carbons (Fsp3) is 0.670. The van der Waals surface area contributed by atoms with Gasteiger partial charge in [0.15, 0.2) is 17.0 Å². The first-order chi connectivity index (χ1) is 60.3. The molecule has 2 bridgehead atoms. The molecule has 3 aliphatic heterocycles. The maximum absolute atomic E-state index is 14.7. The molecule has 9 rings (SSSR count). The minimum Gasteiger partial charge on any atom is -0.463 e. The number of carbonyl (C=O) groups is 7. The maximum Gasteiger partial charge on any atom is 0.329 e. The molecule has 4 aromatic heterocycles. The number of Topliss-reactive ketones (excluding diaryl/α,β-unsaturated/α-hetero) is 3. The van der Waals surface area contributed by atoms with Gasteiger partial charge in [0.25, 0.3) is 17.7 Å². The molecule has 15 atom stereocenters. The number of cyclic esters (lactones) is 1. The summed E-state index contributed by atoms with van der Waals surface area (Å²) in [7, 11) is 3.17. The Bertz CT molecular complexity index is 4360. The van der Waals surface area contributed by atoms with Crippen LogP contribution in [0.5, 0.6) is 0 Å². The number of aromatic nitrogens is 8. The lowest BCUT2D eigenvalue weighted by Gasteiger charge is -2.42. The number of aliphatic hydroxyl groups excluding tert-OH is 2. The lowest BCUT2D eigenvalue weighted by Crippen LogP contribution is -2.61. The number of esters is 2. The van der Waals surface area contributed by atoms with Crippen LogP contribution in [0.15, 0.2) is 82.7 Å². The smallest absolute Gasteiger partial charge is 0.329 e. The van der Waals surface area contributed by atoms with Crippen LogP contribution in [0.2, 0.25) is 0 Å². The third kappa shape index (κ3) is 30.7. The van der Waals surface area contributed by atoms with E-state index in [0.29, 0.717) is 176 Å². The predicted molar refractivity (Wildman–Crippen MR) is 457 cm³/mol. The molecule has 2 amide bonds. The van der Waals surface area contributed by atoms with Crippen molar-refractivity contribution in [2.45, 2.75) is 218 Å². The van der Waals surface area contributed by atoms with E-state index in [-0.39, 0.29) is 133 Å². The molecule has 0 unspecified atom stereocenters. The summed E-state index contributed by atoms with van der Waals surface area (Å²) in [6.45, 7) is 16.2. The number of aliphatic hydroxyl groups is 3. The predicted octanol–water partition coefficient (Wildman–Crippen LogP) is 6.35. The molecule has 692 valence electrons. The van der Waals surface area contributed by atoms with Gasteiger partial charge in [0.05, 0.1) is 148 Å². The highest BCUT2D eigenvalue weighted by atomic mass is 16.6. The summed E-state index contributed by atoms with van der Waals surface area (Å²) in [6.07, 6.45) is 14.0. The van der Waals surface area contributed by atoms with E-state index in [9.17, 15) is 48.9 Å². The highest BCUT2D eigenvalue weighted by molar-refractivity contribution is 6.39. The second-order valence-electron chi connectivity index (χ2n) is 32.6. The Kier molecular flexibility index (Phi) is 41.5. The summed E-state index contributed by atoms with van der Waals surface area (Å²) in [5.74, 6) is -9.30. The number of ketones is 3. The molecule has 37 nitrogen and oxygen atoms in total. The number of nitrogens with one attached hydrogen (secondary N) is 1. The van der Waals surface area contributed by atoms with E-state index in [1.807, 2.05) is 62.6 Å². The number of nitrogens with two attached hydrogens (primary N) is 3. The monoisotopic (exact) mass is 1750 g/mol. The van der Waals surface area contributed by atoms with E-state index in [1.54, 1.807) is 50.4 Å². The largest absolute Gasteiger partial charge is 0.463 e. The number of benzene rings is 1. The zero-order chi connectivity index (χ0) is 89.8. The Labute approximate surface area is 729 Å². The van der Waals surface area contributed by atoms with Gasteiger partial charge in [0, 0.05) is 82.5 Å². The van der Waals surface area contributed by atoms with Crippen LogP contribution in [0, 0.1) is 29.6 Å². The quantitative estimate of drug-likeness (QED) is 0.00969. The van der Waals surface area contributed by atoms with Crippen molar-refractivity contribution >= 4 is 75.1 Å². The van der Waals surface area contributed by atoms with E-state index >= 15 is 0 Å². The Balaban J connectivity index is 0.598. The third-order valence-corrected chi connectivity index (χ3v) is 23.1. The number of carbonyl (C=O) groups excluding carboxylic acids is 7. The van der Waals surface area contributed by atoms with Crippen molar-refractivity contribution in [1.82, 2.24) is 49.9 Å². The van der Waals surface area contributed by atoms with Crippen LogP contribution in [0.1, 0.15) is 156 Å². The number of amides is 2. The summed E-state index contributed by atoms with van der Waals surface area (Å²) in [5.41, 5.74) is 23.9. The van der Waals surface area contributed by atoms with E-state index < -0.39 is 101 Å². The van der Waals surface area contributed by atoms with Gasteiger partial charge in [-0.25, -0.2) is 24.1 Å². The molecule has 4 aliphatic rings. The van der Waals surface area contributed by atoms with Gasteiger partial charge in [0.2, 0.25) is 11.7 Å². The van der Waals surface area contributed by atoms with Crippen LogP contribution in [-0.2, 0) is 108 Å². The van der Waals surface area contributed by atoms with Crippen molar-refractivity contribution in [3.63, 3.8) is 0 Å². The first-order valence-corrected chi connectivity index (χ1v) is 43.7. The molecule has 2 saturated heterocycles. The van der Waals surface area contributed by atoms with E-state index in [4.69, 9.17) is 88.3 Å². The average Bonchev–Trinajstić information content (AvgIpc) is 1.74. The second kappa shape index (κ2) is 51.9. The van der Waals surface area contributed by atoms with Gasteiger partial charge in [-0.15, -0.1) is 5.10 Å². The van der Waals surface area contributed by atoms with Crippen LogP contribution in [0.3, 0.4) is 0 Å². The zero-order valence-corrected chi connectivity index (χ0v) is 73.6. The molecular formula is C88H131N13O24. The third-order valence-electron chi connectivity index (χ3n) is 23.1. The van der Waals surface area contributed by atoms with Gasteiger partial charge in [-0.05, 0) is 132 Å². The number of ether oxygens (including phenoxy) is 13. The Morgan fingerprint density at radius 2 is 1.42 bits per heavy atom. The molecule has 10 N–H and O–H groups in total. The van der Waals surface area contributed by atoms with Crippen LogP contribution in [0.25, 0.3) is 33.4 Å². The summed E-state index contributed by atoms with van der Waals surface area (Å²) in [5, 5.41) is 51.8. The van der Waals surface area contributed by atoms with Crippen LogP contribution >= 0.6 is 0 Å². The van der Waals surface area contributed by atoms with Crippen molar-refractivity contribution in [1.29, 1.82) is 0 Å². The van der Waals surface area contributed by atoms with Gasteiger partial charge in [-0.3, -0.25) is 28.8 Å². The van der Waals surface area contributed by atoms with E-state index in [2.05, 4.69) is 30.6 Å². The van der Waals surface area contributed by atoms with E-state index in [0.717, 1.165) is 22.5 Å². The minimum absolute atomic E-state index is 0.0106. The Hall–Kier alpha value is -8.77. The molecule has 3 fully saturated rings. The topological polar surface area (TPSA) is 494 Å². The van der Waals surface area contributed by atoms with Crippen LogP contribution < -0.4 is 22.5 Å². The second-order valence-corrected chi connectivity index (χ2v) is 32.6. The number of aryl methyl sites for hydroxylation is 1. The molecule has 1 aliphatic carbocycles. The fourth-order valence-electron chi connectivity index (χ4n) is 15.9. The Morgan fingerprint density at radius 3 is 2.11 bits per heavy atom. The summed E-state index contributed by atoms with van der Waals surface area (Å²) < 4.78 is 83.4. The number of hydrogen-bond acceptors (Lipinski definition) is 33. The summed E-state index contributed by atoms with van der Waals surface area (Å²) >= 11 is 0. The molecular weight excluding hydrogens is 1620 g/mol. The number of nitrogens with zero attached hydrogens (tertiary/aromatic N) is 9. The van der Waals surface area contributed by atoms with Crippen LogP contribution in [0.4, 0.5) is 11.8 Å². The van der Waals surface area contributed by atoms with Crippen molar-refractivity contribution in [3.05, 3.63) is 84.0 Å². The molecule has 1 aromatic carbocycles. The van der Waals surface area contributed by atoms with Gasteiger partial charge in [-0.2, -0.15) is 10.1 Å². The number of fused-ring (bicyclic) bond motifs is 5. The maximum atomic E-state index is 14.7. The van der Waals surface area contributed by atoms with Gasteiger partial charge in [0.1, 0.15) is 65.8 Å². The number of allylic oxidation sites excluding steroid dienone is 6. The minimum atomic E-state index is -2.50. The molecule has 0 radical (unpaired) electrons. The van der Waals surface area contributed by atoms with Crippen molar-refractivity contribution in [3.8, 4) is 11.3 Å². The number of hydrogen-bond donors (Lipinski definition) is 7. The zero-order valence-electron chi connectivity index (χ0n) is 73.6. The molecule has 0 spiro atoms. The highest BCUT2D eigenvalue weighted by Crippen LogP contribution is 2.40. The SMILES string of the molecule is CO[C@H]1C[C@@H]2CC[C@@H](C)[C@@](O)(O2)C(=O)C(=O)N2CCCC[C@H]2C(=O)O[C@H]([C@H](N)C[C@@H]2CC[C@H](n3cc(COCCOCCOCCOCCC(=O)OCCOCCOCCOCCOCCC(=O)NCCCCn4nc(-c5ccc6oc(N)nc6c5)c5c(N)ncnc54)nn3)[C@H](OC)C2)CC(=O)[C@H](C)/C=C(\C)[C@@H](O)[C@@H](O)C(=O)[C@H](C)C[C@H](C)/C=C/C=C/C=C/1C. The number of unbranched alkanes of at least 4 members (excludes halogenated alkanes) is 1. The molecule has 5 aromatic rings. The molecule has 125 heavy (non-hydrogen) atoms. The lowest BCUT2D eigenvalue weighted by atomic mass is 9.79. The highest BCUT2D eigenvalue weighted by Gasteiger charge is 2.53. The first kappa shape index (κ1) is 100.0. The Morgan fingerprint density at radius 1 is 0.736 bits per heavy atom. The first-order valence-electron chi connectivity index (χ1n) is 43.7. The number of nitrogen functional groups attached to an aromatic ring is 2. The summed E-state index contributed by atoms with van der Waals surface area (Å²) in [4.78, 5) is 110. The normalized spacial score (nSPS) is 26.7. The average molecular weight is 1760 g/mol. The lowest BCUT2D eigenvalue weighted by molar-refractivity contribution is -0.265. The number of methoxy groups -OCH3 is 2. The van der Waals surface area contributed by atoms with Gasteiger partial charge in [-0.1, -0.05) is 69.4 Å². The number of rotatable bonds is 41. The molecule has 7 heterocycles. The van der Waals surface area contributed by atoms with Crippen molar-refractivity contribution < 1.29 is 115 Å². The summed E-state index contributed by atoms with van der Waals surface area (Å²) in [6, 6.07) is 3.16. The molecule has 37 heteroatoms. The number of anilines is 2. The molecule has 1 saturated carbocycles. The number of piperidine rings is 1. The van der Waals surface area contributed by atoms with Gasteiger partial charge < -0.3 is 109 Å². The van der Waals surface area contributed by atoms with Gasteiger partial charge >= 0.3 is 11.9 Å². The van der Waals surface area contributed by atoms with Crippen LogP contribution in [-0.4, -0.2) is 289 Å². The number of oxazole rings is 1. The fourth-order valence-corrected chi connectivity index (χ4v) is 15.9.